The van der Waals surface area contributed by atoms with Crippen LogP contribution in [0.25, 0.3) is 10.8 Å². The molecule has 0 radical (unpaired) electrons. The monoisotopic (exact) mass is 296 g/mol. The second kappa shape index (κ2) is 3.24. The van der Waals surface area contributed by atoms with E-state index in [2.05, 4.69) is 17.1 Å². The predicted octanol–water partition coefficient (Wildman–Crippen LogP) is 2.81. The van der Waals surface area contributed by atoms with Gasteiger partial charge in [-0.2, -0.15) is 0 Å². The van der Waals surface area contributed by atoms with Crippen molar-refractivity contribution in [1.29, 1.82) is 0 Å². The van der Waals surface area contributed by atoms with Crippen LogP contribution in [0, 0.1) is 0 Å². The molecule has 0 aliphatic carbocycles. The Hall–Kier alpha value is -1.10. The van der Waals surface area contributed by atoms with Crippen LogP contribution < -0.4 is 5.73 Å². The summed E-state index contributed by atoms with van der Waals surface area (Å²) in [6, 6.07) is 12.2. The minimum atomic E-state index is 0. The smallest absolute Gasteiger partial charge is 0.132 e. The number of halogens is 1. The van der Waals surface area contributed by atoms with Crippen LogP contribution in [0.2, 0.25) is 0 Å². The van der Waals surface area contributed by atoms with Crippen LogP contribution in [0.15, 0.2) is 41.4 Å². The summed E-state index contributed by atoms with van der Waals surface area (Å²) in [4.78, 5) is 4.29. The van der Waals surface area contributed by atoms with E-state index in [-0.39, 0.29) is 24.0 Å². The quantitative estimate of drug-likeness (QED) is 0.746. The molecular formula is C11H9IN2. The van der Waals surface area contributed by atoms with Gasteiger partial charge in [-0.3, -0.25) is 0 Å². The molecule has 0 bridgehead atoms. The van der Waals surface area contributed by atoms with Crippen molar-refractivity contribution in [2.45, 2.75) is 0 Å². The van der Waals surface area contributed by atoms with Crippen LogP contribution in [-0.2, 0) is 0 Å². The molecule has 0 saturated carbocycles. The largest absolute Gasteiger partial charge is 0.383 e. The topological polar surface area (TPSA) is 38.4 Å². The van der Waals surface area contributed by atoms with E-state index in [4.69, 9.17) is 5.73 Å². The van der Waals surface area contributed by atoms with Crippen LogP contribution in [-0.4, -0.2) is 5.84 Å². The average Bonchev–Trinajstić information content (AvgIpc) is 2.47. The summed E-state index contributed by atoms with van der Waals surface area (Å²) < 4.78 is 0. The minimum absolute atomic E-state index is 0. The molecule has 3 rings (SSSR count). The van der Waals surface area contributed by atoms with Crippen molar-refractivity contribution in [3.63, 3.8) is 0 Å². The highest BCUT2D eigenvalue weighted by Gasteiger charge is 2.14. The number of aliphatic imine (C=N–C) groups is 1. The number of hydrogen-bond acceptors (Lipinski definition) is 2. The number of nitrogens with two attached hydrogens (primary N) is 1. The lowest BCUT2D eigenvalue weighted by molar-refractivity contribution is 1.55. The van der Waals surface area contributed by atoms with Gasteiger partial charge in [0.1, 0.15) is 5.84 Å². The Morgan fingerprint density at radius 1 is 1.00 bits per heavy atom. The molecule has 1 aliphatic rings. The zero-order chi connectivity index (χ0) is 8.84. The van der Waals surface area contributed by atoms with Crippen molar-refractivity contribution in [1.82, 2.24) is 0 Å². The zero-order valence-electron chi connectivity index (χ0n) is 7.40. The van der Waals surface area contributed by atoms with Gasteiger partial charge in [-0.05, 0) is 11.5 Å². The Kier molecular flexibility index (Phi) is 2.19. The lowest BCUT2D eigenvalue weighted by atomic mass is 10.0. The Bertz CT molecular complexity index is 527. The number of hydrogen-bond donors (Lipinski definition) is 1. The second-order valence-electron chi connectivity index (χ2n) is 3.18. The minimum Gasteiger partial charge on any atom is -0.383 e. The van der Waals surface area contributed by atoms with E-state index in [0.717, 1.165) is 11.3 Å². The number of rotatable bonds is 0. The van der Waals surface area contributed by atoms with E-state index in [9.17, 15) is 0 Å². The van der Waals surface area contributed by atoms with Gasteiger partial charge in [0.2, 0.25) is 0 Å². The lowest BCUT2D eigenvalue weighted by Gasteiger charge is -1.98. The summed E-state index contributed by atoms with van der Waals surface area (Å²) in [5.41, 5.74) is 7.84. The third kappa shape index (κ3) is 1.12. The fourth-order valence-corrected chi connectivity index (χ4v) is 1.82. The SMILES string of the molecule is I.NC1=Nc2cccc3cccc1c23. The number of amidine groups is 1. The first-order valence-electron chi connectivity index (χ1n) is 4.22. The molecule has 2 N–H and O–H groups in total. The van der Waals surface area contributed by atoms with Crippen LogP contribution in [0.1, 0.15) is 5.56 Å². The third-order valence-corrected chi connectivity index (χ3v) is 2.40. The molecule has 1 aliphatic heterocycles. The number of benzene rings is 2. The molecule has 0 fully saturated rings. The van der Waals surface area contributed by atoms with Crippen molar-refractivity contribution in [2.75, 3.05) is 0 Å². The average molecular weight is 296 g/mol. The highest BCUT2D eigenvalue weighted by molar-refractivity contribution is 14.0. The molecule has 2 nitrogen and oxygen atoms in total. The summed E-state index contributed by atoms with van der Waals surface area (Å²) in [5, 5.41) is 2.39. The molecule has 0 unspecified atom stereocenters. The highest BCUT2D eigenvalue weighted by Crippen LogP contribution is 2.33. The van der Waals surface area contributed by atoms with Crippen LogP contribution in [0.4, 0.5) is 5.69 Å². The highest BCUT2D eigenvalue weighted by atomic mass is 127. The summed E-state index contributed by atoms with van der Waals surface area (Å²) in [7, 11) is 0. The van der Waals surface area contributed by atoms with Gasteiger partial charge in [0.15, 0.2) is 0 Å². The van der Waals surface area contributed by atoms with Gasteiger partial charge in [-0.25, -0.2) is 4.99 Å². The zero-order valence-corrected chi connectivity index (χ0v) is 9.73. The molecule has 1 heterocycles. The van der Waals surface area contributed by atoms with Gasteiger partial charge in [-0.15, -0.1) is 24.0 Å². The molecular weight excluding hydrogens is 287 g/mol. The lowest BCUT2D eigenvalue weighted by Crippen LogP contribution is -2.09. The Balaban J connectivity index is 0.000000750. The van der Waals surface area contributed by atoms with Crippen molar-refractivity contribution in [3.05, 3.63) is 42.0 Å². The van der Waals surface area contributed by atoms with Gasteiger partial charge in [0.05, 0.1) is 5.69 Å². The summed E-state index contributed by atoms with van der Waals surface area (Å²) >= 11 is 0. The van der Waals surface area contributed by atoms with E-state index >= 15 is 0 Å². The fourth-order valence-electron chi connectivity index (χ4n) is 1.82. The first-order chi connectivity index (χ1) is 6.36. The van der Waals surface area contributed by atoms with Gasteiger partial charge < -0.3 is 5.73 Å². The Labute approximate surface area is 98.9 Å². The molecule has 0 aromatic heterocycles. The molecule has 0 saturated heterocycles. The Morgan fingerprint density at radius 2 is 1.71 bits per heavy atom. The molecule has 3 heteroatoms. The molecule has 0 spiro atoms. The normalized spacial score (nSPS) is 12.4. The van der Waals surface area contributed by atoms with Crippen molar-refractivity contribution >= 4 is 46.3 Å². The van der Waals surface area contributed by atoms with E-state index in [1.807, 2.05) is 24.3 Å². The number of nitrogens with zero attached hydrogens (tertiary/aromatic N) is 1. The molecule has 2 aromatic carbocycles. The molecule has 2 aromatic rings. The summed E-state index contributed by atoms with van der Waals surface area (Å²) in [6.45, 7) is 0. The van der Waals surface area contributed by atoms with Crippen molar-refractivity contribution in [3.8, 4) is 0 Å². The third-order valence-electron chi connectivity index (χ3n) is 2.40. The molecule has 14 heavy (non-hydrogen) atoms. The predicted molar refractivity (Wildman–Crippen MR) is 69.7 cm³/mol. The standard InChI is InChI=1S/C11H8N2.HI/c12-11-8-5-1-3-7-4-2-6-9(13-11)10(7)8;/h1-6H,(H2,12,13);1H. The van der Waals surface area contributed by atoms with E-state index in [0.29, 0.717) is 5.84 Å². The molecule has 0 atom stereocenters. The molecule has 70 valence electrons. The Morgan fingerprint density at radius 3 is 2.50 bits per heavy atom. The fraction of sp³-hybridized carbons (Fsp3) is 0. The maximum atomic E-state index is 5.79. The first kappa shape index (κ1) is 9.45. The van der Waals surface area contributed by atoms with Gasteiger partial charge >= 0.3 is 0 Å². The van der Waals surface area contributed by atoms with E-state index < -0.39 is 0 Å². The van der Waals surface area contributed by atoms with E-state index in [1.54, 1.807) is 0 Å². The van der Waals surface area contributed by atoms with Crippen LogP contribution >= 0.6 is 24.0 Å². The maximum Gasteiger partial charge on any atom is 0.132 e. The van der Waals surface area contributed by atoms with E-state index in [1.165, 1.54) is 10.8 Å². The van der Waals surface area contributed by atoms with Crippen molar-refractivity contribution < 1.29 is 0 Å². The van der Waals surface area contributed by atoms with Crippen molar-refractivity contribution in [2.24, 2.45) is 10.7 Å². The summed E-state index contributed by atoms with van der Waals surface area (Å²) in [5.74, 6) is 0.631. The van der Waals surface area contributed by atoms with Gasteiger partial charge in [0.25, 0.3) is 0 Å². The van der Waals surface area contributed by atoms with Gasteiger partial charge in [0, 0.05) is 10.9 Å². The maximum absolute atomic E-state index is 5.79. The first-order valence-corrected chi connectivity index (χ1v) is 4.22. The van der Waals surface area contributed by atoms with Crippen LogP contribution in [0.3, 0.4) is 0 Å². The molecule has 0 amide bonds. The van der Waals surface area contributed by atoms with Crippen LogP contribution in [0.5, 0.6) is 0 Å². The van der Waals surface area contributed by atoms with Gasteiger partial charge in [-0.1, -0.05) is 30.3 Å². The summed E-state index contributed by atoms with van der Waals surface area (Å²) in [6.07, 6.45) is 0. The second-order valence-corrected chi connectivity index (χ2v) is 3.18.